The van der Waals surface area contributed by atoms with Crippen LogP contribution in [0.15, 0.2) is 30.3 Å². The minimum atomic E-state index is -0.00399. The topological polar surface area (TPSA) is 44.1 Å². The lowest BCUT2D eigenvalue weighted by Gasteiger charge is -2.09. The fraction of sp³-hybridized carbons (Fsp3) is 0.0769. The molecule has 0 unspecified atom stereocenters. The van der Waals surface area contributed by atoms with Gasteiger partial charge in [-0.15, -0.1) is 0 Å². The summed E-state index contributed by atoms with van der Waals surface area (Å²) < 4.78 is 0. The molecule has 0 aromatic heterocycles. The van der Waals surface area contributed by atoms with E-state index in [1.54, 1.807) is 24.1 Å². The van der Waals surface area contributed by atoms with Gasteiger partial charge in [0, 0.05) is 23.4 Å². The molecule has 0 aliphatic carbocycles. The molecule has 2 aromatic carbocycles. The summed E-state index contributed by atoms with van der Waals surface area (Å²) in [6, 6.07) is 11.2. The maximum absolute atomic E-state index is 11.9. The Bertz CT molecular complexity index is 667. The van der Waals surface area contributed by atoms with Crippen molar-refractivity contribution in [2.45, 2.75) is 0 Å². The average molecular weight is 208 g/mol. The fourth-order valence-corrected chi connectivity index (χ4v) is 2.23. The van der Waals surface area contributed by atoms with Crippen LogP contribution >= 0.6 is 0 Å². The van der Waals surface area contributed by atoms with Crippen molar-refractivity contribution in [3.05, 3.63) is 41.5 Å². The van der Waals surface area contributed by atoms with Crippen LogP contribution in [0.3, 0.4) is 0 Å². The molecule has 1 heterocycles. The fourth-order valence-electron chi connectivity index (χ4n) is 2.23. The third-order valence-corrected chi connectivity index (χ3v) is 3.04. The second-order valence-electron chi connectivity index (χ2n) is 3.84. The van der Waals surface area contributed by atoms with Crippen LogP contribution in [0, 0.1) is 11.3 Å². The number of hydrogen-bond acceptors (Lipinski definition) is 2. The van der Waals surface area contributed by atoms with Crippen molar-refractivity contribution in [1.82, 2.24) is 0 Å². The van der Waals surface area contributed by atoms with Crippen LogP contribution in [0.2, 0.25) is 0 Å². The lowest BCUT2D eigenvalue weighted by Crippen LogP contribution is -2.20. The molecule has 76 valence electrons. The molecule has 1 aliphatic heterocycles. The number of benzene rings is 2. The largest absolute Gasteiger partial charge is 0.311 e. The third-order valence-electron chi connectivity index (χ3n) is 3.04. The van der Waals surface area contributed by atoms with Crippen molar-refractivity contribution in [3.8, 4) is 6.07 Å². The first-order valence-corrected chi connectivity index (χ1v) is 4.98. The van der Waals surface area contributed by atoms with E-state index < -0.39 is 0 Å². The van der Waals surface area contributed by atoms with Gasteiger partial charge in [0.05, 0.1) is 17.3 Å². The Morgan fingerprint density at radius 2 is 2.06 bits per heavy atom. The molecule has 3 nitrogen and oxygen atoms in total. The van der Waals surface area contributed by atoms with Crippen molar-refractivity contribution in [1.29, 1.82) is 5.26 Å². The Balaban J connectivity index is 2.55. The number of anilines is 1. The highest BCUT2D eigenvalue weighted by molar-refractivity contribution is 6.25. The molecule has 0 saturated heterocycles. The van der Waals surface area contributed by atoms with E-state index in [0.717, 1.165) is 16.5 Å². The van der Waals surface area contributed by atoms with Crippen LogP contribution in [0.25, 0.3) is 10.8 Å². The molecule has 2 aromatic rings. The summed E-state index contributed by atoms with van der Waals surface area (Å²) in [5, 5.41) is 10.8. The Kier molecular flexibility index (Phi) is 1.58. The summed E-state index contributed by atoms with van der Waals surface area (Å²) in [5.74, 6) is -0.00399. The molecule has 0 spiro atoms. The second kappa shape index (κ2) is 2.83. The zero-order valence-corrected chi connectivity index (χ0v) is 8.69. The molecule has 0 atom stereocenters. The number of carbonyl (C=O) groups excluding carboxylic acids is 1. The molecule has 0 fully saturated rings. The quantitative estimate of drug-likeness (QED) is 0.666. The molecular weight excluding hydrogens is 200 g/mol. The minimum Gasteiger partial charge on any atom is -0.311 e. The SMILES string of the molecule is CN1C(=O)c2ccc(C#N)c3cccc1c23. The molecule has 1 amide bonds. The van der Waals surface area contributed by atoms with Crippen LogP contribution in [-0.2, 0) is 0 Å². The predicted molar refractivity (Wildman–Crippen MR) is 61.4 cm³/mol. The first-order chi connectivity index (χ1) is 7.74. The summed E-state index contributed by atoms with van der Waals surface area (Å²) in [6.07, 6.45) is 0. The molecule has 0 radical (unpaired) electrons. The van der Waals surface area contributed by atoms with Crippen molar-refractivity contribution >= 4 is 22.4 Å². The van der Waals surface area contributed by atoms with E-state index in [1.165, 1.54) is 0 Å². The van der Waals surface area contributed by atoms with Gasteiger partial charge < -0.3 is 4.90 Å². The monoisotopic (exact) mass is 208 g/mol. The number of carbonyl (C=O) groups is 1. The summed E-state index contributed by atoms with van der Waals surface area (Å²) in [6.45, 7) is 0. The summed E-state index contributed by atoms with van der Waals surface area (Å²) >= 11 is 0. The Hall–Kier alpha value is -2.34. The molecule has 0 bridgehead atoms. The van der Waals surface area contributed by atoms with E-state index in [4.69, 9.17) is 5.26 Å². The molecule has 3 heteroatoms. The highest BCUT2D eigenvalue weighted by Crippen LogP contribution is 2.37. The van der Waals surface area contributed by atoms with E-state index in [-0.39, 0.29) is 5.91 Å². The lowest BCUT2D eigenvalue weighted by molar-refractivity contribution is 0.0999. The smallest absolute Gasteiger partial charge is 0.258 e. The zero-order chi connectivity index (χ0) is 11.3. The van der Waals surface area contributed by atoms with E-state index >= 15 is 0 Å². The van der Waals surface area contributed by atoms with Gasteiger partial charge in [-0.25, -0.2) is 0 Å². The van der Waals surface area contributed by atoms with Crippen LogP contribution < -0.4 is 4.90 Å². The standard InChI is InChI=1S/C13H8N2O/c1-15-11-4-2-3-9-8(7-14)5-6-10(12(9)11)13(15)16/h2-6H,1H3. The van der Waals surface area contributed by atoms with E-state index in [0.29, 0.717) is 11.1 Å². The van der Waals surface area contributed by atoms with Crippen molar-refractivity contribution in [2.24, 2.45) is 0 Å². The Morgan fingerprint density at radius 1 is 1.25 bits per heavy atom. The van der Waals surface area contributed by atoms with Gasteiger partial charge >= 0.3 is 0 Å². The van der Waals surface area contributed by atoms with Crippen molar-refractivity contribution in [2.75, 3.05) is 11.9 Å². The lowest BCUT2D eigenvalue weighted by atomic mass is 10.0. The van der Waals surface area contributed by atoms with Crippen molar-refractivity contribution < 1.29 is 4.79 Å². The average Bonchev–Trinajstić information content (AvgIpc) is 2.57. The highest BCUT2D eigenvalue weighted by Gasteiger charge is 2.27. The van der Waals surface area contributed by atoms with E-state index in [9.17, 15) is 4.79 Å². The normalized spacial score (nSPS) is 13.2. The molecule has 16 heavy (non-hydrogen) atoms. The van der Waals surface area contributed by atoms with Crippen LogP contribution in [0.4, 0.5) is 5.69 Å². The van der Waals surface area contributed by atoms with Gasteiger partial charge in [0.15, 0.2) is 0 Å². The van der Waals surface area contributed by atoms with Gasteiger partial charge in [-0.1, -0.05) is 12.1 Å². The number of hydrogen-bond donors (Lipinski definition) is 0. The third kappa shape index (κ3) is 0.887. The van der Waals surface area contributed by atoms with Gasteiger partial charge in [0.1, 0.15) is 0 Å². The van der Waals surface area contributed by atoms with E-state index in [1.807, 2.05) is 18.2 Å². The van der Waals surface area contributed by atoms with Gasteiger partial charge in [-0.05, 0) is 18.2 Å². The summed E-state index contributed by atoms with van der Waals surface area (Å²) in [7, 11) is 1.75. The predicted octanol–water partition coefficient (Wildman–Crippen LogP) is 2.30. The maximum Gasteiger partial charge on any atom is 0.258 e. The van der Waals surface area contributed by atoms with Crippen molar-refractivity contribution in [3.63, 3.8) is 0 Å². The number of nitrogens with zero attached hydrogens (tertiary/aromatic N) is 2. The summed E-state index contributed by atoms with van der Waals surface area (Å²) in [5.41, 5.74) is 2.19. The van der Waals surface area contributed by atoms with E-state index in [2.05, 4.69) is 6.07 Å². The molecular formula is C13H8N2O. The maximum atomic E-state index is 11.9. The summed E-state index contributed by atoms with van der Waals surface area (Å²) in [4.78, 5) is 13.5. The van der Waals surface area contributed by atoms with Gasteiger partial charge in [-0.2, -0.15) is 5.26 Å². The first-order valence-electron chi connectivity index (χ1n) is 4.98. The molecule has 0 N–H and O–H groups in total. The Labute approximate surface area is 92.5 Å². The van der Waals surface area contributed by atoms with Crippen LogP contribution in [0.1, 0.15) is 15.9 Å². The minimum absolute atomic E-state index is 0.00399. The number of amides is 1. The number of rotatable bonds is 0. The van der Waals surface area contributed by atoms with Gasteiger partial charge in [0.25, 0.3) is 5.91 Å². The Morgan fingerprint density at radius 3 is 2.81 bits per heavy atom. The van der Waals surface area contributed by atoms with Gasteiger partial charge in [-0.3, -0.25) is 4.79 Å². The zero-order valence-electron chi connectivity index (χ0n) is 8.69. The molecule has 3 rings (SSSR count). The van der Waals surface area contributed by atoms with Gasteiger partial charge in [0.2, 0.25) is 0 Å². The first kappa shape index (κ1) is 8.93. The van der Waals surface area contributed by atoms with Crippen LogP contribution in [-0.4, -0.2) is 13.0 Å². The second-order valence-corrected chi connectivity index (χ2v) is 3.84. The molecule has 0 saturated carbocycles. The highest BCUT2D eigenvalue weighted by atomic mass is 16.2. The molecule has 1 aliphatic rings. The number of nitriles is 1. The van der Waals surface area contributed by atoms with Crippen LogP contribution in [0.5, 0.6) is 0 Å².